The number of anilines is 1. The normalized spacial score (nSPS) is 10.8. The maximum atomic E-state index is 6.23. The Bertz CT molecular complexity index is 679. The molecule has 1 aromatic carbocycles. The standard InChI is InChI=1S/C16H21ClN4S/c1-10(2)18-16(22)19-15-11(3)20-21(12(15)4)9-13-7-5-6-8-14(13)17/h5-8,10H,9H2,1-4H3,(H2,18,19,22). The topological polar surface area (TPSA) is 41.9 Å². The minimum Gasteiger partial charge on any atom is -0.360 e. The van der Waals surface area contributed by atoms with Crippen LogP contribution in [0.25, 0.3) is 0 Å². The summed E-state index contributed by atoms with van der Waals surface area (Å²) in [4.78, 5) is 0. The van der Waals surface area contributed by atoms with Crippen LogP contribution in [0.4, 0.5) is 5.69 Å². The number of benzene rings is 1. The summed E-state index contributed by atoms with van der Waals surface area (Å²) >= 11 is 11.5. The largest absolute Gasteiger partial charge is 0.360 e. The van der Waals surface area contributed by atoms with Gasteiger partial charge in [0.15, 0.2) is 5.11 Å². The highest BCUT2D eigenvalue weighted by molar-refractivity contribution is 7.80. The lowest BCUT2D eigenvalue weighted by atomic mass is 10.2. The summed E-state index contributed by atoms with van der Waals surface area (Å²) in [5.41, 5.74) is 3.94. The Morgan fingerprint density at radius 1 is 1.32 bits per heavy atom. The summed E-state index contributed by atoms with van der Waals surface area (Å²) in [6, 6.07) is 8.10. The van der Waals surface area contributed by atoms with Gasteiger partial charge in [-0.1, -0.05) is 29.8 Å². The van der Waals surface area contributed by atoms with E-state index in [1.54, 1.807) is 0 Å². The maximum absolute atomic E-state index is 6.23. The van der Waals surface area contributed by atoms with Crippen LogP contribution in [0, 0.1) is 13.8 Å². The predicted octanol–water partition coefficient (Wildman–Crippen LogP) is 3.90. The first-order valence-electron chi connectivity index (χ1n) is 7.23. The summed E-state index contributed by atoms with van der Waals surface area (Å²) in [6.07, 6.45) is 0. The van der Waals surface area contributed by atoms with E-state index in [9.17, 15) is 0 Å². The zero-order valence-corrected chi connectivity index (χ0v) is 14.8. The highest BCUT2D eigenvalue weighted by Crippen LogP contribution is 2.22. The second-order valence-corrected chi connectivity index (χ2v) is 6.36. The van der Waals surface area contributed by atoms with Gasteiger partial charge in [-0.05, 0) is 51.5 Å². The second-order valence-electron chi connectivity index (χ2n) is 5.55. The molecule has 0 amide bonds. The number of nitrogens with one attached hydrogen (secondary N) is 2. The van der Waals surface area contributed by atoms with Gasteiger partial charge in [0.1, 0.15) is 0 Å². The van der Waals surface area contributed by atoms with Crippen molar-refractivity contribution >= 4 is 34.6 Å². The third-order valence-corrected chi connectivity index (χ3v) is 3.91. The fraction of sp³-hybridized carbons (Fsp3) is 0.375. The zero-order valence-electron chi connectivity index (χ0n) is 13.3. The van der Waals surface area contributed by atoms with Crippen molar-refractivity contribution in [1.29, 1.82) is 0 Å². The van der Waals surface area contributed by atoms with Crippen LogP contribution >= 0.6 is 23.8 Å². The number of halogens is 1. The lowest BCUT2D eigenvalue weighted by Gasteiger charge is -2.13. The summed E-state index contributed by atoms with van der Waals surface area (Å²) in [7, 11) is 0. The molecule has 0 saturated carbocycles. The molecule has 0 aliphatic carbocycles. The van der Waals surface area contributed by atoms with Crippen molar-refractivity contribution in [3.63, 3.8) is 0 Å². The molecule has 2 rings (SSSR count). The van der Waals surface area contributed by atoms with Crippen LogP contribution in [0.3, 0.4) is 0 Å². The van der Waals surface area contributed by atoms with Crippen molar-refractivity contribution in [3.8, 4) is 0 Å². The van der Waals surface area contributed by atoms with Crippen molar-refractivity contribution in [2.45, 2.75) is 40.3 Å². The average molecular weight is 337 g/mol. The van der Waals surface area contributed by atoms with Crippen LogP contribution < -0.4 is 10.6 Å². The SMILES string of the molecule is Cc1nn(Cc2ccccc2Cl)c(C)c1NC(=S)NC(C)C. The first-order chi connectivity index (χ1) is 10.4. The van der Waals surface area contributed by atoms with Gasteiger partial charge in [-0.25, -0.2) is 0 Å². The number of hydrogen-bond donors (Lipinski definition) is 2. The van der Waals surface area contributed by atoms with Crippen molar-refractivity contribution < 1.29 is 0 Å². The fourth-order valence-electron chi connectivity index (χ4n) is 2.23. The van der Waals surface area contributed by atoms with E-state index in [0.717, 1.165) is 27.7 Å². The Kier molecular flexibility index (Phi) is 5.42. The summed E-state index contributed by atoms with van der Waals surface area (Å²) in [5, 5.41) is 12.4. The Labute approximate surface area is 141 Å². The summed E-state index contributed by atoms with van der Waals surface area (Å²) in [6.45, 7) is 8.73. The smallest absolute Gasteiger partial charge is 0.171 e. The number of hydrogen-bond acceptors (Lipinski definition) is 2. The molecule has 0 fully saturated rings. The van der Waals surface area contributed by atoms with Crippen LogP contribution in [-0.4, -0.2) is 20.9 Å². The Morgan fingerprint density at radius 3 is 2.64 bits per heavy atom. The molecule has 0 atom stereocenters. The van der Waals surface area contributed by atoms with Crippen LogP contribution in [0.5, 0.6) is 0 Å². The highest BCUT2D eigenvalue weighted by atomic mass is 35.5. The monoisotopic (exact) mass is 336 g/mol. The highest BCUT2D eigenvalue weighted by Gasteiger charge is 2.14. The number of thiocarbonyl (C=S) groups is 1. The van der Waals surface area contributed by atoms with Gasteiger partial charge in [0, 0.05) is 11.1 Å². The summed E-state index contributed by atoms with van der Waals surface area (Å²) in [5.74, 6) is 0. The predicted molar refractivity (Wildman–Crippen MR) is 96.7 cm³/mol. The van der Waals surface area contributed by atoms with E-state index < -0.39 is 0 Å². The van der Waals surface area contributed by atoms with E-state index in [4.69, 9.17) is 23.8 Å². The van der Waals surface area contributed by atoms with E-state index in [1.807, 2.05) is 42.8 Å². The zero-order chi connectivity index (χ0) is 16.3. The average Bonchev–Trinajstić information content (AvgIpc) is 2.68. The number of nitrogens with zero attached hydrogens (tertiary/aromatic N) is 2. The molecule has 118 valence electrons. The van der Waals surface area contributed by atoms with Gasteiger partial charge in [0.05, 0.1) is 23.6 Å². The lowest BCUT2D eigenvalue weighted by Crippen LogP contribution is -2.34. The van der Waals surface area contributed by atoms with Gasteiger partial charge in [-0.15, -0.1) is 0 Å². The molecule has 6 heteroatoms. The third kappa shape index (κ3) is 3.99. The molecule has 4 nitrogen and oxygen atoms in total. The van der Waals surface area contributed by atoms with E-state index in [2.05, 4.69) is 29.6 Å². The molecule has 1 aromatic heterocycles. The van der Waals surface area contributed by atoms with Gasteiger partial charge < -0.3 is 10.6 Å². The lowest BCUT2D eigenvalue weighted by molar-refractivity contribution is 0.659. The Hall–Kier alpha value is -1.59. The molecule has 0 aliphatic heterocycles. The molecule has 2 N–H and O–H groups in total. The van der Waals surface area contributed by atoms with E-state index in [-0.39, 0.29) is 0 Å². The molecule has 2 aromatic rings. The first-order valence-corrected chi connectivity index (χ1v) is 8.02. The van der Waals surface area contributed by atoms with Gasteiger partial charge in [-0.2, -0.15) is 5.10 Å². The summed E-state index contributed by atoms with van der Waals surface area (Å²) < 4.78 is 1.94. The number of rotatable bonds is 4. The van der Waals surface area contributed by atoms with E-state index in [1.165, 1.54) is 0 Å². The third-order valence-electron chi connectivity index (χ3n) is 3.32. The van der Waals surface area contributed by atoms with Crippen molar-refractivity contribution in [2.75, 3.05) is 5.32 Å². The van der Waals surface area contributed by atoms with Crippen molar-refractivity contribution in [2.24, 2.45) is 0 Å². The van der Waals surface area contributed by atoms with Gasteiger partial charge in [0.25, 0.3) is 0 Å². The minimum absolute atomic E-state index is 0.291. The Balaban J connectivity index is 2.20. The molecule has 1 heterocycles. The van der Waals surface area contributed by atoms with Gasteiger partial charge in [-0.3, -0.25) is 4.68 Å². The van der Waals surface area contributed by atoms with E-state index in [0.29, 0.717) is 17.7 Å². The van der Waals surface area contributed by atoms with Gasteiger partial charge in [0.2, 0.25) is 0 Å². The van der Waals surface area contributed by atoms with Crippen LogP contribution in [0.15, 0.2) is 24.3 Å². The minimum atomic E-state index is 0.291. The molecule has 0 radical (unpaired) electrons. The Morgan fingerprint density at radius 2 is 2.00 bits per heavy atom. The molecular formula is C16H21ClN4S. The van der Waals surface area contributed by atoms with Crippen LogP contribution in [-0.2, 0) is 6.54 Å². The molecule has 22 heavy (non-hydrogen) atoms. The van der Waals surface area contributed by atoms with Crippen LogP contribution in [0.2, 0.25) is 5.02 Å². The maximum Gasteiger partial charge on any atom is 0.171 e. The molecule has 0 spiro atoms. The second kappa shape index (κ2) is 7.11. The molecule has 0 saturated heterocycles. The number of aromatic nitrogens is 2. The van der Waals surface area contributed by atoms with Crippen LogP contribution in [0.1, 0.15) is 30.8 Å². The van der Waals surface area contributed by atoms with Crippen molar-refractivity contribution in [3.05, 3.63) is 46.2 Å². The van der Waals surface area contributed by atoms with Gasteiger partial charge >= 0.3 is 0 Å². The first kappa shape index (κ1) is 16.8. The molecule has 0 aliphatic rings. The molecular weight excluding hydrogens is 316 g/mol. The van der Waals surface area contributed by atoms with Crippen molar-refractivity contribution in [1.82, 2.24) is 15.1 Å². The fourth-order valence-corrected chi connectivity index (χ4v) is 2.76. The molecule has 0 bridgehead atoms. The molecule has 0 unspecified atom stereocenters. The quantitative estimate of drug-likeness (QED) is 0.831. The number of aryl methyl sites for hydroxylation is 1. The van der Waals surface area contributed by atoms with E-state index >= 15 is 0 Å².